The lowest BCUT2D eigenvalue weighted by Gasteiger charge is -2.39. The van der Waals surface area contributed by atoms with Crippen LogP contribution in [0.1, 0.15) is 41.7 Å². The molecule has 1 spiro atoms. The van der Waals surface area contributed by atoms with Crippen molar-refractivity contribution >= 4 is 23.5 Å². The van der Waals surface area contributed by atoms with Gasteiger partial charge in [-0.3, -0.25) is 9.48 Å². The molecule has 31 heavy (non-hydrogen) atoms. The third-order valence-electron chi connectivity index (χ3n) is 6.23. The molecule has 2 aromatic rings. The SMILES string of the molecule is NC(=O)c1c(-c2ccc(F)c(Cl)c2)nn2c1CN(C(=O)NC1CC(F)(F)C1)CC21CC1. The summed E-state index contributed by atoms with van der Waals surface area (Å²) in [6.45, 7) is 0.398. The predicted molar refractivity (Wildman–Crippen MR) is 105 cm³/mol. The Labute approximate surface area is 180 Å². The Bertz CT molecular complexity index is 1110. The fourth-order valence-electron chi connectivity index (χ4n) is 4.44. The van der Waals surface area contributed by atoms with E-state index in [0.29, 0.717) is 17.8 Å². The normalized spacial score (nSPS) is 20.8. The fraction of sp³-hybridized carbons (Fsp3) is 0.450. The van der Waals surface area contributed by atoms with E-state index in [0.717, 1.165) is 12.8 Å². The lowest BCUT2D eigenvalue weighted by atomic mass is 9.88. The molecule has 1 aliphatic heterocycles. The van der Waals surface area contributed by atoms with Gasteiger partial charge in [0.15, 0.2) is 0 Å². The van der Waals surface area contributed by atoms with Gasteiger partial charge in [0.25, 0.3) is 11.8 Å². The second-order valence-corrected chi connectivity index (χ2v) is 8.97. The van der Waals surface area contributed by atoms with Gasteiger partial charge in [-0.15, -0.1) is 0 Å². The minimum atomic E-state index is -2.74. The third kappa shape index (κ3) is 3.33. The number of nitrogens with zero attached hydrogens (tertiary/aromatic N) is 3. The molecule has 0 radical (unpaired) electrons. The Kier molecular flexibility index (Phi) is 4.31. The highest BCUT2D eigenvalue weighted by molar-refractivity contribution is 6.31. The number of nitrogens with two attached hydrogens (primary N) is 1. The summed E-state index contributed by atoms with van der Waals surface area (Å²) in [5, 5.41) is 7.13. The van der Waals surface area contributed by atoms with Gasteiger partial charge in [0.2, 0.25) is 0 Å². The maximum Gasteiger partial charge on any atom is 0.318 e. The van der Waals surface area contributed by atoms with Crippen LogP contribution in [-0.4, -0.2) is 45.1 Å². The quantitative estimate of drug-likeness (QED) is 0.747. The molecule has 5 rings (SSSR count). The lowest BCUT2D eigenvalue weighted by molar-refractivity contribution is -0.0904. The third-order valence-corrected chi connectivity index (χ3v) is 6.52. The van der Waals surface area contributed by atoms with Gasteiger partial charge in [0.05, 0.1) is 28.4 Å². The van der Waals surface area contributed by atoms with Crippen molar-refractivity contribution in [1.29, 1.82) is 0 Å². The smallest absolute Gasteiger partial charge is 0.318 e. The van der Waals surface area contributed by atoms with Crippen LogP contribution < -0.4 is 11.1 Å². The number of hydrogen-bond acceptors (Lipinski definition) is 3. The summed E-state index contributed by atoms with van der Waals surface area (Å²) < 4.78 is 41.6. The van der Waals surface area contributed by atoms with Crippen LogP contribution in [0.5, 0.6) is 0 Å². The van der Waals surface area contributed by atoms with Gasteiger partial charge < -0.3 is 16.0 Å². The highest BCUT2D eigenvalue weighted by Gasteiger charge is 2.53. The summed E-state index contributed by atoms with van der Waals surface area (Å²) in [6.07, 6.45) is 0.735. The second kappa shape index (κ2) is 6.62. The van der Waals surface area contributed by atoms with Crippen molar-refractivity contribution in [1.82, 2.24) is 20.0 Å². The van der Waals surface area contributed by atoms with Crippen molar-refractivity contribution < 1.29 is 22.8 Å². The van der Waals surface area contributed by atoms with Gasteiger partial charge in [-0.1, -0.05) is 11.6 Å². The topological polar surface area (TPSA) is 93.2 Å². The Balaban J connectivity index is 1.49. The van der Waals surface area contributed by atoms with Crippen LogP contribution in [0.15, 0.2) is 18.2 Å². The molecular formula is C20H19ClF3N5O2. The number of fused-ring (bicyclic) bond motifs is 2. The Morgan fingerprint density at radius 1 is 1.26 bits per heavy atom. The number of carbonyl (C=O) groups excluding carboxylic acids is 2. The van der Waals surface area contributed by atoms with Gasteiger partial charge in [-0.2, -0.15) is 5.10 Å². The minimum Gasteiger partial charge on any atom is -0.365 e. The summed E-state index contributed by atoms with van der Waals surface area (Å²) in [7, 11) is 0. The molecule has 2 saturated carbocycles. The molecule has 0 saturated heterocycles. The molecule has 164 valence electrons. The Morgan fingerprint density at radius 3 is 2.55 bits per heavy atom. The molecule has 3 aliphatic rings. The van der Waals surface area contributed by atoms with E-state index in [9.17, 15) is 22.8 Å². The number of carbonyl (C=O) groups is 2. The van der Waals surface area contributed by atoms with Crippen molar-refractivity contribution in [3.8, 4) is 11.3 Å². The van der Waals surface area contributed by atoms with E-state index in [2.05, 4.69) is 10.4 Å². The van der Waals surface area contributed by atoms with Crippen molar-refractivity contribution in [3.05, 3.63) is 40.3 Å². The summed E-state index contributed by atoms with van der Waals surface area (Å²) in [4.78, 5) is 26.6. The molecule has 3 amide bonds. The number of rotatable bonds is 3. The van der Waals surface area contributed by atoms with Crippen molar-refractivity contribution in [3.63, 3.8) is 0 Å². The van der Waals surface area contributed by atoms with Gasteiger partial charge in [0.1, 0.15) is 11.5 Å². The summed E-state index contributed by atoms with van der Waals surface area (Å²) in [6, 6.07) is 2.99. The standard InChI is InChI=1S/C20H19ClF3N5O2/c21-12-5-10(1-2-13(12)22)16-15(17(25)30)14-8-28(9-19(3-4-19)29(14)27-16)18(31)26-11-6-20(23,24)7-11/h1-2,5,11H,3-4,6-9H2,(H2,25,30)(H,26,31). The average Bonchev–Trinajstić information content (AvgIpc) is 3.31. The molecule has 0 unspecified atom stereocenters. The molecule has 11 heteroatoms. The molecule has 2 heterocycles. The Morgan fingerprint density at radius 2 is 1.97 bits per heavy atom. The highest BCUT2D eigenvalue weighted by atomic mass is 35.5. The first-order valence-electron chi connectivity index (χ1n) is 9.89. The van der Waals surface area contributed by atoms with E-state index in [1.54, 1.807) is 4.68 Å². The lowest BCUT2D eigenvalue weighted by Crippen LogP contribution is -2.56. The largest absolute Gasteiger partial charge is 0.365 e. The monoisotopic (exact) mass is 453 g/mol. The van der Waals surface area contributed by atoms with Gasteiger partial charge >= 0.3 is 6.03 Å². The van der Waals surface area contributed by atoms with Gasteiger partial charge in [-0.25, -0.2) is 18.0 Å². The number of halogens is 4. The first-order valence-corrected chi connectivity index (χ1v) is 10.3. The zero-order valence-electron chi connectivity index (χ0n) is 16.3. The van der Waals surface area contributed by atoms with Crippen LogP contribution in [0, 0.1) is 5.82 Å². The van der Waals surface area contributed by atoms with E-state index in [4.69, 9.17) is 17.3 Å². The maximum atomic E-state index is 13.6. The van der Waals surface area contributed by atoms with E-state index in [1.807, 2.05) is 0 Å². The highest BCUT2D eigenvalue weighted by Crippen LogP contribution is 2.49. The fourth-order valence-corrected chi connectivity index (χ4v) is 4.62. The average molecular weight is 454 g/mol. The van der Waals surface area contributed by atoms with Gasteiger partial charge in [0, 0.05) is 31.0 Å². The van der Waals surface area contributed by atoms with E-state index >= 15 is 0 Å². The molecular weight excluding hydrogens is 435 g/mol. The van der Waals surface area contributed by atoms with E-state index in [-0.39, 0.29) is 35.7 Å². The minimum absolute atomic E-state index is 0.0525. The number of primary amides is 1. The van der Waals surface area contributed by atoms with Crippen molar-refractivity contribution in [2.75, 3.05) is 6.54 Å². The van der Waals surface area contributed by atoms with Crippen LogP contribution in [0.4, 0.5) is 18.0 Å². The number of urea groups is 1. The summed E-state index contributed by atoms with van der Waals surface area (Å²) in [5.41, 5.74) is 6.51. The summed E-state index contributed by atoms with van der Waals surface area (Å²) >= 11 is 5.90. The van der Waals surface area contributed by atoms with E-state index in [1.165, 1.54) is 23.1 Å². The first kappa shape index (κ1) is 20.2. The first-order chi connectivity index (χ1) is 14.6. The maximum absolute atomic E-state index is 13.6. The van der Waals surface area contributed by atoms with Crippen LogP contribution >= 0.6 is 11.6 Å². The summed E-state index contributed by atoms with van der Waals surface area (Å²) in [5.74, 6) is -4.06. The van der Waals surface area contributed by atoms with Gasteiger partial charge in [-0.05, 0) is 31.0 Å². The van der Waals surface area contributed by atoms with E-state index < -0.39 is 35.3 Å². The number of benzene rings is 1. The zero-order valence-corrected chi connectivity index (χ0v) is 17.1. The van der Waals surface area contributed by atoms with Crippen molar-refractivity contribution in [2.24, 2.45) is 5.73 Å². The Hall–Kier alpha value is -2.75. The number of hydrogen-bond donors (Lipinski definition) is 2. The molecule has 1 aromatic heterocycles. The number of nitrogens with one attached hydrogen (secondary N) is 1. The number of alkyl halides is 2. The molecule has 2 aliphatic carbocycles. The van der Waals surface area contributed by atoms with Crippen LogP contribution in [-0.2, 0) is 12.1 Å². The number of aromatic nitrogens is 2. The molecule has 0 atom stereocenters. The van der Waals surface area contributed by atoms with Crippen LogP contribution in [0.25, 0.3) is 11.3 Å². The van der Waals surface area contributed by atoms with Crippen molar-refractivity contribution in [2.45, 2.75) is 49.7 Å². The second-order valence-electron chi connectivity index (χ2n) is 8.57. The molecule has 2 fully saturated rings. The molecule has 7 nitrogen and oxygen atoms in total. The van der Waals surface area contributed by atoms with Crippen LogP contribution in [0.3, 0.4) is 0 Å². The number of amides is 3. The predicted octanol–water partition coefficient (Wildman–Crippen LogP) is 3.25. The van der Waals surface area contributed by atoms with Crippen LogP contribution in [0.2, 0.25) is 5.02 Å². The molecule has 0 bridgehead atoms. The molecule has 1 aromatic carbocycles. The molecule has 3 N–H and O–H groups in total. The zero-order chi connectivity index (χ0) is 22.1.